The van der Waals surface area contributed by atoms with Crippen LogP contribution in [0.5, 0.6) is 0 Å². The van der Waals surface area contributed by atoms with Gasteiger partial charge in [0.15, 0.2) is 0 Å². The summed E-state index contributed by atoms with van der Waals surface area (Å²) in [5, 5.41) is 2.92. The van der Waals surface area contributed by atoms with Crippen molar-refractivity contribution in [2.45, 2.75) is 78.1 Å². The molecule has 0 saturated carbocycles. The SMILES string of the molecule is CC[C@H](C)[C@@H]([C@@H](CC(N)=O)OC)N(C)C(=O)[C@@H](NC(=O)C(C)(C)N(C)C)C(C)C. The molecular weight excluding hydrogens is 372 g/mol. The minimum Gasteiger partial charge on any atom is -0.379 e. The van der Waals surface area contributed by atoms with Crippen molar-refractivity contribution >= 4 is 17.7 Å². The average Bonchev–Trinajstić information content (AvgIpc) is 2.63. The topological polar surface area (TPSA) is 105 Å². The fourth-order valence-corrected chi connectivity index (χ4v) is 3.18. The molecule has 0 fully saturated rings. The molecule has 29 heavy (non-hydrogen) atoms. The van der Waals surface area contributed by atoms with Crippen LogP contribution in [0.1, 0.15) is 54.4 Å². The molecule has 0 bridgehead atoms. The molecule has 0 aromatic rings. The summed E-state index contributed by atoms with van der Waals surface area (Å²) in [5.41, 5.74) is 4.63. The number of ether oxygens (including phenoxy) is 1. The molecule has 0 aromatic heterocycles. The van der Waals surface area contributed by atoms with Gasteiger partial charge in [-0.25, -0.2) is 0 Å². The molecule has 4 atom stereocenters. The van der Waals surface area contributed by atoms with Gasteiger partial charge in [-0.1, -0.05) is 34.1 Å². The second-order valence-electron chi connectivity index (χ2n) is 8.92. The Balaban J connectivity index is 5.79. The first-order chi connectivity index (χ1) is 13.2. The molecule has 8 nitrogen and oxygen atoms in total. The predicted molar refractivity (Wildman–Crippen MR) is 115 cm³/mol. The molecule has 0 aromatic carbocycles. The standard InChI is InChI=1S/C21H42N4O4/c1-11-14(4)18(15(29-10)12-16(22)26)25(9)19(27)17(13(2)3)23-20(28)21(5,6)24(7)8/h13-15,17-18H,11-12H2,1-10H3,(H2,22,26)(H,23,28)/t14-,15+,17-,18-/m0/s1. The summed E-state index contributed by atoms with van der Waals surface area (Å²) in [5.74, 6) is -0.938. The summed E-state index contributed by atoms with van der Waals surface area (Å²) in [6, 6.07) is -1.03. The lowest BCUT2D eigenvalue weighted by atomic mass is 9.89. The first-order valence-corrected chi connectivity index (χ1v) is 10.3. The molecule has 0 radical (unpaired) electrons. The Kier molecular flexibility index (Phi) is 10.8. The molecule has 170 valence electrons. The number of hydrogen-bond acceptors (Lipinski definition) is 5. The summed E-state index contributed by atoms with van der Waals surface area (Å²) in [6.45, 7) is 11.4. The van der Waals surface area contributed by atoms with Gasteiger partial charge in [-0.3, -0.25) is 19.3 Å². The normalized spacial score (nSPS) is 16.3. The van der Waals surface area contributed by atoms with Crippen molar-refractivity contribution in [3.8, 4) is 0 Å². The van der Waals surface area contributed by atoms with Gasteiger partial charge in [0, 0.05) is 14.2 Å². The van der Waals surface area contributed by atoms with E-state index in [1.165, 1.54) is 7.11 Å². The Labute approximate surface area is 176 Å². The smallest absolute Gasteiger partial charge is 0.245 e. The summed E-state index contributed by atoms with van der Waals surface area (Å²) >= 11 is 0. The number of nitrogens with one attached hydrogen (secondary N) is 1. The summed E-state index contributed by atoms with van der Waals surface area (Å²) in [4.78, 5) is 41.2. The predicted octanol–water partition coefficient (Wildman–Crippen LogP) is 1.23. The van der Waals surface area contributed by atoms with Crippen molar-refractivity contribution < 1.29 is 19.1 Å². The first kappa shape index (κ1) is 27.3. The number of nitrogens with zero attached hydrogens (tertiary/aromatic N) is 2. The van der Waals surface area contributed by atoms with Crippen LogP contribution in [-0.4, -0.2) is 79.5 Å². The van der Waals surface area contributed by atoms with E-state index in [1.54, 1.807) is 11.9 Å². The Morgan fingerprint density at radius 1 is 1.10 bits per heavy atom. The van der Waals surface area contributed by atoms with Crippen molar-refractivity contribution in [2.75, 3.05) is 28.3 Å². The van der Waals surface area contributed by atoms with E-state index in [2.05, 4.69) is 5.32 Å². The average molecular weight is 415 g/mol. The van der Waals surface area contributed by atoms with E-state index in [0.717, 1.165) is 6.42 Å². The van der Waals surface area contributed by atoms with Gasteiger partial charge in [-0.05, 0) is 39.8 Å². The van der Waals surface area contributed by atoms with Gasteiger partial charge in [0.2, 0.25) is 17.7 Å². The van der Waals surface area contributed by atoms with E-state index >= 15 is 0 Å². The van der Waals surface area contributed by atoms with Crippen LogP contribution in [0.4, 0.5) is 0 Å². The fraction of sp³-hybridized carbons (Fsp3) is 0.857. The first-order valence-electron chi connectivity index (χ1n) is 10.3. The van der Waals surface area contributed by atoms with Gasteiger partial charge in [0.05, 0.1) is 24.1 Å². The summed E-state index contributed by atoms with van der Waals surface area (Å²) in [6.07, 6.45) is 0.307. The third-order valence-corrected chi connectivity index (χ3v) is 6.00. The number of likely N-dealkylation sites (N-methyl/N-ethyl adjacent to an activating group) is 2. The second kappa shape index (κ2) is 11.5. The van der Waals surface area contributed by atoms with Crippen molar-refractivity contribution in [3.05, 3.63) is 0 Å². The Morgan fingerprint density at radius 3 is 1.97 bits per heavy atom. The zero-order chi connectivity index (χ0) is 23.1. The zero-order valence-corrected chi connectivity index (χ0v) is 19.9. The lowest BCUT2D eigenvalue weighted by Gasteiger charge is -2.40. The Morgan fingerprint density at radius 2 is 1.62 bits per heavy atom. The molecule has 3 amide bonds. The molecule has 0 aliphatic heterocycles. The number of nitrogens with two attached hydrogens (primary N) is 1. The van der Waals surface area contributed by atoms with Gasteiger partial charge in [-0.2, -0.15) is 0 Å². The van der Waals surface area contributed by atoms with E-state index in [1.807, 2.05) is 60.5 Å². The molecule has 0 aliphatic rings. The van der Waals surface area contributed by atoms with Crippen molar-refractivity contribution in [3.63, 3.8) is 0 Å². The van der Waals surface area contributed by atoms with Gasteiger partial charge in [0.25, 0.3) is 0 Å². The van der Waals surface area contributed by atoms with Gasteiger partial charge >= 0.3 is 0 Å². The van der Waals surface area contributed by atoms with E-state index in [4.69, 9.17) is 10.5 Å². The van der Waals surface area contributed by atoms with Crippen LogP contribution in [0.15, 0.2) is 0 Å². The van der Waals surface area contributed by atoms with Gasteiger partial charge in [0.1, 0.15) is 6.04 Å². The van der Waals surface area contributed by atoms with Crippen molar-refractivity contribution in [1.82, 2.24) is 15.1 Å². The van der Waals surface area contributed by atoms with Crippen LogP contribution < -0.4 is 11.1 Å². The van der Waals surface area contributed by atoms with Crippen LogP contribution in [0.25, 0.3) is 0 Å². The number of hydrogen-bond donors (Lipinski definition) is 2. The van der Waals surface area contributed by atoms with Crippen LogP contribution in [0.2, 0.25) is 0 Å². The van der Waals surface area contributed by atoms with Gasteiger partial charge < -0.3 is 20.7 Å². The lowest BCUT2D eigenvalue weighted by Crippen LogP contribution is -2.61. The third-order valence-electron chi connectivity index (χ3n) is 6.00. The van der Waals surface area contributed by atoms with Crippen LogP contribution in [0, 0.1) is 11.8 Å². The fourth-order valence-electron chi connectivity index (χ4n) is 3.18. The molecule has 3 N–H and O–H groups in total. The van der Waals surface area contributed by atoms with Crippen LogP contribution in [0.3, 0.4) is 0 Å². The van der Waals surface area contributed by atoms with Crippen molar-refractivity contribution in [2.24, 2.45) is 17.6 Å². The molecule has 0 rings (SSSR count). The number of carbonyl (C=O) groups is 3. The zero-order valence-electron chi connectivity index (χ0n) is 19.9. The maximum absolute atomic E-state index is 13.4. The van der Waals surface area contributed by atoms with Gasteiger partial charge in [-0.15, -0.1) is 0 Å². The minimum absolute atomic E-state index is 0.0233. The van der Waals surface area contributed by atoms with E-state index in [-0.39, 0.29) is 36.1 Å². The molecule has 0 spiro atoms. The molecule has 0 aliphatic carbocycles. The van der Waals surface area contributed by atoms with Crippen molar-refractivity contribution in [1.29, 1.82) is 0 Å². The lowest BCUT2D eigenvalue weighted by molar-refractivity contribution is -0.145. The van der Waals surface area contributed by atoms with E-state index in [0.29, 0.717) is 0 Å². The maximum atomic E-state index is 13.4. The molecule has 8 heteroatoms. The second-order valence-corrected chi connectivity index (χ2v) is 8.92. The number of methoxy groups -OCH3 is 1. The maximum Gasteiger partial charge on any atom is 0.245 e. The number of primary amides is 1. The third kappa shape index (κ3) is 7.26. The minimum atomic E-state index is -0.761. The number of carbonyl (C=O) groups excluding carboxylic acids is 3. The number of amides is 3. The highest BCUT2D eigenvalue weighted by molar-refractivity contribution is 5.91. The Bertz CT molecular complexity index is 563. The van der Waals surface area contributed by atoms with E-state index in [9.17, 15) is 14.4 Å². The highest BCUT2D eigenvalue weighted by Crippen LogP contribution is 2.23. The Hall–Kier alpha value is -1.67. The highest BCUT2D eigenvalue weighted by Gasteiger charge is 2.39. The summed E-state index contributed by atoms with van der Waals surface area (Å²) < 4.78 is 5.54. The molecule has 0 unspecified atom stereocenters. The molecule has 0 saturated heterocycles. The molecule has 0 heterocycles. The van der Waals surface area contributed by atoms with Crippen LogP contribution >= 0.6 is 0 Å². The summed E-state index contributed by atoms with van der Waals surface area (Å²) in [7, 11) is 6.86. The number of rotatable bonds is 12. The monoisotopic (exact) mass is 414 g/mol. The quantitative estimate of drug-likeness (QED) is 0.500. The molecular formula is C21H42N4O4. The largest absolute Gasteiger partial charge is 0.379 e. The van der Waals surface area contributed by atoms with Crippen LogP contribution in [-0.2, 0) is 19.1 Å². The van der Waals surface area contributed by atoms with E-state index < -0.39 is 23.6 Å². The highest BCUT2D eigenvalue weighted by atomic mass is 16.5.